The van der Waals surface area contributed by atoms with Crippen LogP contribution in [0.3, 0.4) is 0 Å². The van der Waals surface area contributed by atoms with E-state index >= 15 is 0 Å². The van der Waals surface area contributed by atoms with Crippen molar-refractivity contribution in [3.05, 3.63) is 58.7 Å². The molecule has 1 amide bonds. The van der Waals surface area contributed by atoms with Crippen LogP contribution in [0.5, 0.6) is 0 Å². The summed E-state index contributed by atoms with van der Waals surface area (Å²) in [5, 5.41) is 50.1. The first-order valence-electron chi connectivity index (χ1n) is 16.8. The maximum atomic E-state index is 13.8. The molecule has 14 heteroatoms. The number of benzene rings is 1. The number of carbonyl (C=O) groups is 4. The summed E-state index contributed by atoms with van der Waals surface area (Å²) in [5.74, 6) is -4.18. The molecule has 1 saturated heterocycles. The molecule has 2 fully saturated rings. The fourth-order valence-corrected chi connectivity index (χ4v) is 8.00. The van der Waals surface area contributed by atoms with E-state index in [1.807, 2.05) is 6.92 Å². The Bertz CT molecular complexity index is 1510. The number of aliphatic hydroxyl groups excluding tert-OH is 2. The van der Waals surface area contributed by atoms with Crippen LogP contribution in [0.2, 0.25) is 0 Å². The standard InChI is InChI=1S/C37H51NO11.2Ac/c1-19(2)16-25(38-23(6)40)31(42)34(44)48-26-17-37(46,35(7,8)29(21(26)4)30(41)22(5)39)32(49-33(43)24-12-10-9-11-13-24)28-20(3)14-15-27-36(28,45)18-47-27;;/h9-13,16,20,25-28,30-32,41-42,45-46H,14-15,17-18H2,1-8H3,(H,38,40);;/t20-,25?,26?,27?,28?,30?,31?,32?,36-,37?;;/m0../s1. The Hall–Kier alpha value is -0.537. The van der Waals surface area contributed by atoms with E-state index < -0.39 is 82.7 Å². The first-order chi connectivity index (χ1) is 22.8. The molecule has 0 aromatic heterocycles. The molecular formula is C37H51Ac2NO11. The van der Waals surface area contributed by atoms with Crippen molar-refractivity contribution < 1.29 is 142 Å². The number of allylic oxidation sites excluding steroid dienone is 1. The number of hydrogen-bond donors (Lipinski definition) is 5. The summed E-state index contributed by atoms with van der Waals surface area (Å²) >= 11 is 0. The zero-order chi connectivity index (χ0) is 36.6. The zero-order valence-electron chi connectivity index (χ0n) is 30.7. The molecule has 1 aromatic rings. The minimum absolute atomic E-state index is 0. The fourth-order valence-electron chi connectivity index (χ4n) is 8.00. The fraction of sp³-hybridized carbons (Fsp3) is 0.622. The zero-order valence-corrected chi connectivity index (χ0v) is 40.2. The van der Waals surface area contributed by atoms with Gasteiger partial charge >= 0.3 is 11.9 Å². The number of ketones is 1. The Morgan fingerprint density at radius 3 is 2.12 bits per heavy atom. The summed E-state index contributed by atoms with van der Waals surface area (Å²) in [5.41, 5.74) is -3.90. The van der Waals surface area contributed by atoms with E-state index in [9.17, 15) is 39.6 Å². The van der Waals surface area contributed by atoms with Crippen molar-refractivity contribution >= 4 is 23.6 Å². The Balaban J connectivity index is 0.00000451. The van der Waals surface area contributed by atoms with Gasteiger partial charge in [0, 0.05) is 113 Å². The third kappa shape index (κ3) is 9.47. The predicted molar refractivity (Wildman–Crippen MR) is 178 cm³/mol. The number of rotatable bonds is 11. The van der Waals surface area contributed by atoms with Crippen LogP contribution in [0, 0.1) is 105 Å². The Morgan fingerprint density at radius 2 is 1.61 bits per heavy atom. The number of hydrogen-bond acceptors (Lipinski definition) is 11. The van der Waals surface area contributed by atoms with Crippen molar-refractivity contribution in [2.24, 2.45) is 17.3 Å². The average Bonchev–Trinajstić information content (AvgIpc) is 3.01. The number of carbonyl (C=O) groups excluding carboxylic acids is 4. The molecule has 1 heterocycles. The van der Waals surface area contributed by atoms with Gasteiger partial charge in [0.2, 0.25) is 5.91 Å². The quantitative estimate of drug-likeness (QED) is 0.162. The molecule has 276 valence electrons. The molecule has 3 aliphatic rings. The van der Waals surface area contributed by atoms with E-state index in [0.717, 1.165) is 0 Å². The number of ether oxygens (including phenoxy) is 3. The van der Waals surface area contributed by atoms with Gasteiger partial charge < -0.3 is 40.0 Å². The van der Waals surface area contributed by atoms with E-state index in [0.29, 0.717) is 18.4 Å². The van der Waals surface area contributed by atoms with Gasteiger partial charge in [-0.3, -0.25) is 9.59 Å². The molecule has 1 saturated carbocycles. The van der Waals surface area contributed by atoms with Crippen LogP contribution < -0.4 is 5.32 Å². The molecule has 4 rings (SSSR count). The summed E-state index contributed by atoms with van der Waals surface area (Å²) in [6.07, 6.45) is -4.66. The van der Waals surface area contributed by atoms with Crippen molar-refractivity contribution in [1.29, 1.82) is 0 Å². The van der Waals surface area contributed by atoms with Crippen LogP contribution >= 0.6 is 0 Å². The molecule has 5 N–H and O–H groups in total. The van der Waals surface area contributed by atoms with Crippen molar-refractivity contribution in [3.8, 4) is 0 Å². The Labute approximate surface area is 371 Å². The van der Waals surface area contributed by atoms with Gasteiger partial charge in [-0.15, -0.1) is 0 Å². The molecule has 10 atom stereocenters. The van der Waals surface area contributed by atoms with Crippen molar-refractivity contribution in [3.63, 3.8) is 0 Å². The number of nitrogens with one attached hydrogen (secondary N) is 1. The SMILES string of the molecule is CC(=O)NC(C=C(C)C)C(O)C(=O)OC1CC(O)(C(OC(=O)c2ccccc2)C2[C@@H](C)CCC3OC[C@]32O)C(C)(C)C(C(O)C(C)=O)=C1C.[Ac].[Ac]. The first-order valence-corrected chi connectivity index (χ1v) is 16.8. The molecule has 12 nitrogen and oxygen atoms in total. The normalized spacial score (nSPS) is 30.3. The van der Waals surface area contributed by atoms with E-state index in [4.69, 9.17) is 14.2 Å². The van der Waals surface area contributed by atoms with Crippen LogP contribution in [0.1, 0.15) is 85.0 Å². The third-order valence-corrected chi connectivity index (χ3v) is 10.7. The van der Waals surface area contributed by atoms with Gasteiger partial charge in [0.15, 0.2) is 11.9 Å². The molecule has 51 heavy (non-hydrogen) atoms. The summed E-state index contributed by atoms with van der Waals surface area (Å²) in [6.45, 7) is 12.5. The predicted octanol–water partition coefficient (Wildman–Crippen LogP) is 2.56. The number of esters is 2. The maximum Gasteiger partial charge on any atom is 0.338 e. The largest absolute Gasteiger partial charge is 0.456 e. The van der Waals surface area contributed by atoms with E-state index in [-0.39, 0.29) is 124 Å². The van der Waals surface area contributed by atoms with Gasteiger partial charge in [-0.25, -0.2) is 9.59 Å². The summed E-state index contributed by atoms with van der Waals surface area (Å²) in [7, 11) is 0. The minimum atomic E-state index is -2.16. The maximum absolute atomic E-state index is 13.8. The van der Waals surface area contributed by atoms with Crippen LogP contribution in [0.4, 0.5) is 0 Å². The summed E-state index contributed by atoms with van der Waals surface area (Å²) in [6, 6.07) is 7.04. The first kappa shape index (κ1) is 46.6. The summed E-state index contributed by atoms with van der Waals surface area (Å²) in [4.78, 5) is 52.0. The Kier molecular flexibility index (Phi) is 16.8. The van der Waals surface area contributed by atoms with Crippen LogP contribution in [-0.2, 0) is 28.6 Å². The molecule has 0 spiro atoms. The van der Waals surface area contributed by atoms with Gasteiger partial charge in [-0.2, -0.15) is 0 Å². The smallest absolute Gasteiger partial charge is 0.338 e. The molecule has 1 aliphatic heterocycles. The molecule has 8 unspecified atom stereocenters. The van der Waals surface area contributed by atoms with E-state index in [2.05, 4.69) is 5.32 Å². The second-order valence-electron chi connectivity index (χ2n) is 14.8. The van der Waals surface area contributed by atoms with E-state index in [1.165, 1.54) is 19.9 Å². The second kappa shape index (κ2) is 18.4. The van der Waals surface area contributed by atoms with Gasteiger partial charge in [-0.05, 0) is 69.7 Å². The van der Waals surface area contributed by atoms with Crippen molar-refractivity contribution in [1.82, 2.24) is 5.32 Å². The molecule has 1 aromatic carbocycles. The van der Waals surface area contributed by atoms with E-state index in [1.54, 1.807) is 65.0 Å². The van der Waals surface area contributed by atoms with Crippen LogP contribution in [0.25, 0.3) is 0 Å². The monoisotopic (exact) mass is 1140 g/mol. The van der Waals surface area contributed by atoms with Crippen LogP contribution in [0.15, 0.2) is 53.1 Å². The molecule has 2 aliphatic carbocycles. The second-order valence-corrected chi connectivity index (χ2v) is 14.8. The van der Waals surface area contributed by atoms with Gasteiger partial charge in [0.05, 0.1) is 24.3 Å². The molecule has 0 bridgehead atoms. The average molecular weight is 1140 g/mol. The third-order valence-electron chi connectivity index (χ3n) is 10.7. The number of fused-ring (bicyclic) bond motifs is 1. The van der Waals surface area contributed by atoms with Gasteiger partial charge in [0.25, 0.3) is 0 Å². The Morgan fingerprint density at radius 1 is 1.00 bits per heavy atom. The topological polar surface area (TPSA) is 189 Å². The molecule has 2 radical (unpaired) electrons. The van der Waals surface area contributed by atoms with Crippen LogP contribution in [-0.4, -0.2) is 98.4 Å². The summed E-state index contributed by atoms with van der Waals surface area (Å²) < 4.78 is 17.8. The number of Topliss-reactive ketones (excluding diaryl/α,β-unsaturated/α-hetero) is 1. The van der Waals surface area contributed by atoms with Gasteiger partial charge in [-0.1, -0.05) is 50.6 Å². The van der Waals surface area contributed by atoms with Crippen molar-refractivity contribution in [2.75, 3.05) is 6.61 Å². The van der Waals surface area contributed by atoms with Crippen molar-refractivity contribution in [2.45, 2.75) is 122 Å². The van der Waals surface area contributed by atoms with Gasteiger partial charge in [0.1, 0.15) is 29.5 Å². The minimum Gasteiger partial charge on any atom is -0.456 e. The number of amides is 1. The number of aliphatic hydroxyl groups is 4. The molecular weight excluding hydrogens is 1090 g/mol.